The van der Waals surface area contributed by atoms with Crippen molar-refractivity contribution in [3.8, 4) is 11.5 Å². The van der Waals surface area contributed by atoms with Crippen molar-refractivity contribution in [2.75, 3.05) is 34.9 Å². The van der Waals surface area contributed by atoms with E-state index in [4.69, 9.17) is 9.47 Å². The third-order valence-corrected chi connectivity index (χ3v) is 2.71. The highest BCUT2D eigenvalue weighted by molar-refractivity contribution is 5.69. The summed E-state index contributed by atoms with van der Waals surface area (Å²) in [6.07, 6.45) is 2.02. The molecular weight excluding hydrogens is 248 g/mol. The van der Waals surface area contributed by atoms with E-state index >= 15 is 0 Å². The molecule has 1 aromatic rings. The number of methoxy groups -OCH3 is 3. The first-order chi connectivity index (χ1) is 9.12. The Kier molecular flexibility index (Phi) is 6.08. The third kappa shape index (κ3) is 4.40. The molecule has 0 saturated heterocycles. The molecule has 1 rings (SSSR count). The number of nitrogens with zero attached hydrogens (tertiary/aromatic N) is 2. The Morgan fingerprint density at radius 1 is 1.32 bits per heavy atom. The molecule has 0 aromatic carbocycles. The van der Waals surface area contributed by atoms with Crippen LogP contribution in [0.1, 0.15) is 12.1 Å². The maximum absolute atomic E-state index is 11.1. The highest BCUT2D eigenvalue weighted by Gasteiger charge is 2.13. The van der Waals surface area contributed by atoms with Crippen molar-refractivity contribution >= 4 is 5.97 Å². The SMILES string of the molecule is COC(=O)CCN(C)Cc1nccc(OC)c1OC. The summed E-state index contributed by atoms with van der Waals surface area (Å²) in [6, 6.07) is 1.75. The van der Waals surface area contributed by atoms with Gasteiger partial charge >= 0.3 is 5.97 Å². The largest absolute Gasteiger partial charge is 0.493 e. The zero-order valence-electron chi connectivity index (χ0n) is 11.8. The Bertz CT molecular complexity index is 423. The fourth-order valence-electron chi connectivity index (χ4n) is 1.68. The lowest BCUT2D eigenvalue weighted by atomic mass is 10.2. The van der Waals surface area contributed by atoms with E-state index in [0.717, 1.165) is 5.69 Å². The molecule has 6 nitrogen and oxygen atoms in total. The molecule has 0 fully saturated rings. The lowest BCUT2D eigenvalue weighted by Crippen LogP contribution is -2.22. The monoisotopic (exact) mass is 268 g/mol. The topological polar surface area (TPSA) is 60.9 Å². The van der Waals surface area contributed by atoms with Gasteiger partial charge in [-0.25, -0.2) is 0 Å². The average molecular weight is 268 g/mol. The van der Waals surface area contributed by atoms with Crippen molar-refractivity contribution in [2.24, 2.45) is 0 Å². The minimum Gasteiger partial charge on any atom is -0.493 e. The minimum absolute atomic E-state index is 0.225. The first-order valence-corrected chi connectivity index (χ1v) is 5.93. The highest BCUT2D eigenvalue weighted by Crippen LogP contribution is 2.29. The number of hydrogen-bond donors (Lipinski definition) is 0. The fraction of sp³-hybridized carbons (Fsp3) is 0.538. The molecule has 0 aliphatic carbocycles. The quantitative estimate of drug-likeness (QED) is 0.690. The van der Waals surface area contributed by atoms with Crippen LogP contribution in [-0.4, -0.2) is 50.8 Å². The van der Waals surface area contributed by atoms with Gasteiger partial charge in [0.15, 0.2) is 11.5 Å². The van der Waals surface area contributed by atoms with E-state index < -0.39 is 0 Å². The van der Waals surface area contributed by atoms with Crippen molar-refractivity contribution in [3.63, 3.8) is 0 Å². The predicted molar refractivity (Wildman–Crippen MR) is 70.3 cm³/mol. The second-order valence-corrected chi connectivity index (χ2v) is 4.06. The van der Waals surface area contributed by atoms with E-state index in [0.29, 0.717) is 31.0 Å². The Balaban J connectivity index is 2.68. The Labute approximate surface area is 113 Å². The number of rotatable bonds is 7. The number of ether oxygens (including phenoxy) is 3. The molecule has 6 heteroatoms. The molecule has 0 radical (unpaired) electrons. The van der Waals surface area contributed by atoms with Crippen LogP contribution in [0.15, 0.2) is 12.3 Å². The van der Waals surface area contributed by atoms with E-state index in [9.17, 15) is 4.79 Å². The minimum atomic E-state index is -0.225. The molecule has 0 aliphatic heterocycles. The van der Waals surface area contributed by atoms with Crippen LogP contribution in [-0.2, 0) is 16.1 Å². The zero-order chi connectivity index (χ0) is 14.3. The highest BCUT2D eigenvalue weighted by atomic mass is 16.5. The van der Waals surface area contributed by atoms with Crippen molar-refractivity contribution in [1.29, 1.82) is 0 Å². The molecule has 106 valence electrons. The van der Waals surface area contributed by atoms with E-state index in [-0.39, 0.29) is 5.97 Å². The first kappa shape index (κ1) is 15.2. The summed E-state index contributed by atoms with van der Waals surface area (Å²) in [5.41, 5.74) is 0.772. The molecular formula is C13H20N2O4. The molecule has 0 saturated carbocycles. The number of carbonyl (C=O) groups excluding carboxylic acids is 1. The molecule has 0 N–H and O–H groups in total. The van der Waals surface area contributed by atoms with Gasteiger partial charge in [0.2, 0.25) is 0 Å². The standard InChI is InChI=1S/C13H20N2O4/c1-15(8-6-12(16)18-3)9-10-13(19-4)11(17-2)5-7-14-10/h5,7H,6,8-9H2,1-4H3. The van der Waals surface area contributed by atoms with Gasteiger partial charge in [0.1, 0.15) is 5.69 Å². The molecule has 0 unspecified atom stereocenters. The number of hydrogen-bond acceptors (Lipinski definition) is 6. The van der Waals surface area contributed by atoms with Crippen molar-refractivity contribution in [2.45, 2.75) is 13.0 Å². The van der Waals surface area contributed by atoms with Crippen LogP contribution in [0.25, 0.3) is 0 Å². The summed E-state index contributed by atoms with van der Waals surface area (Å²) in [7, 11) is 6.46. The summed E-state index contributed by atoms with van der Waals surface area (Å²) in [5.74, 6) is 1.04. The first-order valence-electron chi connectivity index (χ1n) is 5.93. The van der Waals surface area contributed by atoms with Gasteiger partial charge in [0.25, 0.3) is 0 Å². The third-order valence-electron chi connectivity index (χ3n) is 2.71. The Hall–Kier alpha value is -1.82. The van der Waals surface area contributed by atoms with Crippen LogP contribution in [0.2, 0.25) is 0 Å². The van der Waals surface area contributed by atoms with Crippen LogP contribution in [0.3, 0.4) is 0 Å². The molecule has 1 aromatic heterocycles. The fourth-order valence-corrected chi connectivity index (χ4v) is 1.68. The van der Waals surface area contributed by atoms with Gasteiger partial charge in [0.05, 0.1) is 27.8 Å². The van der Waals surface area contributed by atoms with Crippen LogP contribution < -0.4 is 9.47 Å². The maximum Gasteiger partial charge on any atom is 0.306 e. The Morgan fingerprint density at radius 3 is 2.63 bits per heavy atom. The van der Waals surface area contributed by atoms with Gasteiger partial charge in [0, 0.05) is 25.4 Å². The van der Waals surface area contributed by atoms with Crippen molar-refractivity contribution in [3.05, 3.63) is 18.0 Å². The smallest absolute Gasteiger partial charge is 0.306 e. The maximum atomic E-state index is 11.1. The van der Waals surface area contributed by atoms with E-state index in [1.807, 2.05) is 11.9 Å². The van der Waals surface area contributed by atoms with Gasteiger partial charge in [-0.15, -0.1) is 0 Å². The molecule has 0 atom stereocenters. The number of pyridine rings is 1. The summed E-state index contributed by atoms with van der Waals surface area (Å²) in [4.78, 5) is 17.3. The summed E-state index contributed by atoms with van der Waals surface area (Å²) >= 11 is 0. The van der Waals surface area contributed by atoms with Gasteiger partial charge in [-0.3, -0.25) is 14.7 Å². The molecule has 0 spiro atoms. The van der Waals surface area contributed by atoms with E-state index in [1.54, 1.807) is 26.5 Å². The van der Waals surface area contributed by atoms with E-state index in [2.05, 4.69) is 9.72 Å². The average Bonchev–Trinajstić information content (AvgIpc) is 2.44. The second-order valence-electron chi connectivity index (χ2n) is 4.06. The van der Waals surface area contributed by atoms with E-state index in [1.165, 1.54) is 7.11 Å². The number of esters is 1. The molecule has 0 aliphatic rings. The van der Waals surface area contributed by atoms with Gasteiger partial charge < -0.3 is 14.2 Å². The van der Waals surface area contributed by atoms with Crippen molar-refractivity contribution < 1.29 is 19.0 Å². The van der Waals surface area contributed by atoms with Crippen LogP contribution in [0.4, 0.5) is 0 Å². The van der Waals surface area contributed by atoms with Gasteiger partial charge in [-0.2, -0.15) is 0 Å². The van der Waals surface area contributed by atoms with Crippen molar-refractivity contribution in [1.82, 2.24) is 9.88 Å². The summed E-state index contributed by atoms with van der Waals surface area (Å²) < 4.78 is 15.1. The second kappa shape index (κ2) is 7.58. The lowest BCUT2D eigenvalue weighted by molar-refractivity contribution is -0.140. The number of aromatic nitrogens is 1. The van der Waals surface area contributed by atoms with Crippen LogP contribution in [0, 0.1) is 0 Å². The predicted octanol–water partition coefficient (Wildman–Crippen LogP) is 1.09. The molecule has 19 heavy (non-hydrogen) atoms. The normalized spacial score (nSPS) is 10.4. The lowest BCUT2D eigenvalue weighted by Gasteiger charge is -2.18. The van der Waals surface area contributed by atoms with Gasteiger partial charge in [-0.1, -0.05) is 0 Å². The molecule has 0 amide bonds. The summed E-state index contributed by atoms with van der Waals surface area (Å²) in [6.45, 7) is 1.16. The van der Waals surface area contributed by atoms with Crippen LogP contribution >= 0.6 is 0 Å². The number of carbonyl (C=O) groups is 1. The Morgan fingerprint density at radius 2 is 2.05 bits per heavy atom. The van der Waals surface area contributed by atoms with Crippen LogP contribution in [0.5, 0.6) is 11.5 Å². The molecule has 0 bridgehead atoms. The summed E-state index contributed by atoms with van der Waals surface area (Å²) in [5, 5.41) is 0. The molecule has 1 heterocycles. The zero-order valence-corrected chi connectivity index (χ0v) is 11.8. The van der Waals surface area contributed by atoms with Gasteiger partial charge in [-0.05, 0) is 7.05 Å².